The monoisotopic (exact) mass is 295 g/mol. The summed E-state index contributed by atoms with van der Waals surface area (Å²) >= 11 is 6.03. The predicted molar refractivity (Wildman–Crippen MR) is 90.3 cm³/mol. The molecule has 1 rings (SSSR count). The van der Waals surface area contributed by atoms with Gasteiger partial charge >= 0.3 is 0 Å². The number of hydrogen-bond acceptors (Lipinski definition) is 1. The Hall–Kier alpha value is -0.530. The summed E-state index contributed by atoms with van der Waals surface area (Å²) in [5.41, 5.74) is 7.22. The highest BCUT2D eigenvalue weighted by Crippen LogP contribution is 2.18. The molecule has 0 aliphatic carbocycles. The summed E-state index contributed by atoms with van der Waals surface area (Å²) in [5.74, 6) is 0.601. The van der Waals surface area contributed by atoms with Gasteiger partial charge in [0.05, 0.1) is 0 Å². The highest BCUT2D eigenvalue weighted by molar-refractivity contribution is 6.30. The molecule has 0 aliphatic rings. The van der Waals surface area contributed by atoms with Crippen molar-refractivity contribution in [3.05, 3.63) is 34.9 Å². The van der Waals surface area contributed by atoms with E-state index in [-0.39, 0.29) is 0 Å². The van der Waals surface area contributed by atoms with Gasteiger partial charge in [0.15, 0.2) is 0 Å². The fourth-order valence-corrected chi connectivity index (χ4v) is 2.90. The van der Waals surface area contributed by atoms with E-state index >= 15 is 0 Å². The van der Waals surface area contributed by atoms with E-state index in [1.54, 1.807) is 0 Å². The van der Waals surface area contributed by atoms with E-state index in [0.717, 1.165) is 18.0 Å². The lowest BCUT2D eigenvalue weighted by molar-refractivity contribution is 0.455. The van der Waals surface area contributed by atoms with Crippen LogP contribution in [-0.2, 0) is 6.42 Å². The third-order valence-electron chi connectivity index (χ3n) is 3.96. The quantitative estimate of drug-likeness (QED) is 0.528. The molecule has 0 bridgehead atoms. The van der Waals surface area contributed by atoms with Crippen molar-refractivity contribution in [2.75, 3.05) is 6.54 Å². The third kappa shape index (κ3) is 7.91. The molecular formula is C18H30ClN. The third-order valence-corrected chi connectivity index (χ3v) is 4.20. The van der Waals surface area contributed by atoms with E-state index in [1.165, 1.54) is 56.9 Å². The average Bonchev–Trinajstić information content (AvgIpc) is 2.45. The fourth-order valence-electron chi connectivity index (χ4n) is 2.69. The first-order valence-electron chi connectivity index (χ1n) is 8.20. The van der Waals surface area contributed by atoms with Crippen molar-refractivity contribution in [3.8, 4) is 0 Å². The number of unbranched alkanes of at least 4 members (excludes halogenated alkanes) is 6. The Labute approximate surface area is 129 Å². The zero-order valence-corrected chi connectivity index (χ0v) is 13.7. The van der Waals surface area contributed by atoms with Gasteiger partial charge in [0.25, 0.3) is 0 Å². The van der Waals surface area contributed by atoms with Crippen LogP contribution in [0.15, 0.2) is 24.3 Å². The summed E-state index contributed by atoms with van der Waals surface area (Å²) in [6.45, 7) is 3.05. The van der Waals surface area contributed by atoms with Gasteiger partial charge in [-0.3, -0.25) is 0 Å². The van der Waals surface area contributed by atoms with Gasteiger partial charge in [-0.15, -0.1) is 0 Å². The van der Waals surface area contributed by atoms with Gasteiger partial charge < -0.3 is 5.73 Å². The van der Waals surface area contributed by atoms with Gasteiger partial charge in [-0.25, -0.2) is 0 Å². The van der Waals surface area contributed by atoms with Gasteiger partial charge in [0.1, 0.15) is 0 Å². The van der Waals surface area contributed by atoms with Gasteiger partial charge in [0.2, 0.25) is 0 Å². The van der Waals surface area contributed by atoms with Gasteiger partial charge in [-0.1, -0.05) is 75.6 Å². The number of nitrogens with two attached hydrogens (primary N) is 1. The Morgan fingerprint density at radius 3 is 2.40 bits per heavy atom. The summed E-state index contributed by atoms with van der Waals surface area (Å²) in [5, 5.41) is 0.828. The normalized spacial score (nSPS) is 12.6. The SMILES string of the molecule is CCCCCCCCCC(CN)Cc1cccc(Cl)c1. The Morgan fingerprint density at radius 1 is 1.05 bits per heavy atom. The van der Waals surface area contributed by atoms with Crippen molar-refractivity contribution in [3.63, 3.8) is 0 Å². The molecule has 0 radical (unpaired) electrons. The molecule has 0 aliphatic heterocycles. The summed E-state index contributed by atoms with van der Waals surface area (Å²) in [7, 11) is 0. The van der Waals surface area contributed by atoms with Gasteiger partial charge in [-0.05, 0) is 43.0 Å². The number of benzene rings is 1. The summed E-state index contributed by atoms with van der Waals surface area (Å²) in [4.78, 5) is 0. The Bertz CT molecular complexity index is 351. The van der Waals surface area contributed by atoms with Gasteiger partial charge in [0, 0.05) is 5.02 Å². The lowest BCUT2D eigenvalue weighted by Gasteiger charge is -2.15. The molecule has 1 aromatic rings. The smallest absolute Gasteiger partial charge is 0.0408 e. The Morgan fingerprint density at radius 2 is 1.75 bits per heavy atom. The lowest BCUT2D eigenvalue weighted by Crippen LogP contribution is -2.16. The zero-order chi connectivity index (χ0) is 14.6. The first-order chi connectivity index (χ1) is 9.76. The van der Waals surface area contributed by atoms with Crippen molar-refractivity contribution in [2.24, 2.45) is 11.7 Å². The molecule has 2 N–H and O–H groups in total. The molecule has 1 atom stereocenters. The topological polar surface area (TPSA) is 26.0 Å². The van der Waals surface area contributed by atoms with Crippen LogP contribution in [0.2, 0.25) is 5.02 Å². The van der Waals surface area contributed by atoms with E-state index in [9.17, 15) is 0 Å². The second kappa shape index (κ2) is 11.2. The Kier molecular flexibility index (Phi) is 9.78. The van der Waals surface area contributed by atoms with Crippen LogP contribution in [0.1, 0.15) is 63.9 Å². The van der Waals surface area contributed by atoms with Crippen LogP contribution in [-0.4, -0.2) is 6.54 Å². The standard InChI is InChI=1S/C18H30ClN/c1-2-3-4-5-6-7-8-10-17(15-20)13-16-11-9-12-18(19)14-16/h9,11-12,14,17H,2-8,10,13,15,20H2,1H3. The molecular weight excluding hydrogens is 266 g/mol. The van der Waals surface area contributed by atoms with Crippen LogP contribution in [0, 0.1) is 5.92 Å². The van der Waals surface area contributed by atoms with Crippen LogP contribution in [0.3, 0.4) is 0 Å². The molecule has 0 saturated heterocycles. The van der Waals surface area contributed by atoms with Crippen molar-refractivity contribution in [2.45, 2.75) is 64.7 Å². The predicted octanol–water partition coefficient (Wildman–Crippen LogP) is 5.60. The molecule has 114 valence electrons. The number of halogens is 1. The first kappa shape index (κ1) is 17.5. The van der Waals surface area contributed by atoms with E-state index in [1.807, 2.05) is 12.1 Å². The Balaban J connectivity index is 2.16. The number of hydrogen-bond donors (Lipinski definition) is 1. The van der Waals surface area contributed by atoms with E-state index in [0.29, 0.717) is 5.92 Å². The molecule has 0 spiro atoms. The second-order valence-electron chi connectivity index (χ2n) is 5.85. The zero-order valence-electron chi connectivity index (χ0n) is 12.9. The molecule has 0 aromatic heterocycles. The average molecular weight is 296 g/mol. The minimum Gasteiger partial charge on any atom is -0.330 e. The minimum absolute atomic E-state index is 0.601. The molecule has 1 nitrogen and oxygen atoms in total. The van der Waals surface area contributed by atoms with Crippen LogP contribution < -0.4 is 5.73 Å². The summed E-state index contributed by atoms with van der Waals surface area (Å²) in [6.07, 6.45) is 11.9. The van der Waals surface area contributed by atoms with E-state index in [4.69, 9.17) is 17.3 Å². The minimum atomic E-state index is 0.601. The first-order valence-corrected chi connectivity index (χ1v) is 8.58. The highest BCUT2D eigenvalue weighted by atomic mass is 35.5. The fraction of sp³-hybridized carbons (Fsp3) is 0.667. The van der Waals surface area contributed by atoms with Crippen LogP contribution in [0.25, 0.3) is 0 Å². The molecule has 0 saturated carbocycles. The lowest BCUT2D eigenvalue weighted by atomic mass is 9.93. The van der Waals surface area contributed by atoms with Gasteiger partial charge in [-0.2, -0.15) is 0 Å². The molecule has 0 fully saturated rings. The van der Waals surface area contributed by atoms with Crippen molar-refractivity contribution >= 4 is 11.6 Å². The summed E-state index contributed by atoms with van der Waals surface area (Å²) in [6, 6.07) is 8.17. The molecule has 0 heterocycles. The second-order valence-corrected chi connectivity index (χ2v) is 6.28. The van der Waals surface area contributed by atoms with E-state index < -0.39 is 0 Å². The number of rotatable bonds is 11. The van der Waals surface area contributed by atoms with Crippen molar-refractivity contribution in [1.29, 1.82) is 0 Å². The maximum atomic E-state index is 6.03. The van der Waals surface area contributed by atoms with Crippen LogP contribution in [0.4, 0.5) is 0 Å². The highest BCUT2D eigenvalue weighted by Gasteiger charge is 2.08. The van der Waals surface area contributed by atoms with E-state index in [2.05, 4.69) is 19.1 Å². The molecule has 0 amide bonds. The maximum Gasteiger partial charge on any atom is 0.0408 e. The molecule has 20 heavy (non-hydrogen) atoms. The van der Waals surface area contributed by atoms with Crippen LogP contribution >= 0.6 is 11.6 Å². The largest absolute Gasteiger partial charge is 0.330 e. The summed E-state index contributed by atoms with van der Waals surface area (Å²) < 4.78 is 0. The van der Waals surface area contributed by atoms with Crippen molar-refractivity contribution < 1.29 is 0 Å². The molecule has 1 aromatic carbocycles. The molecule has 1 unspecified atom stereocenters. The molecule has 2 heteroatoms. The van der Waals surface area contributed by atoms with Crippen molar-refractivity contribution in [1.82, 2.24) is 0 Å². The maximum absolute atomic E-state index is 6.03. The van der Waals surface area contributed by atoms with Crippen LogP contribution in [0.5, 0.6) is 0 Å².